The van der Waals surface area contributed by atoms with Crippen LogP contribution in [0.1, 0.15) is 22.9 Å². The Balaban J connectivity index is 2.00. The number of ether oxygens (including phenoxy) is 2. The highest BCUT2D eigenvalue weighted by atomic mass is 32.2. The Labute approximate surface area is 142 Å². The summed E-state index contributed by atoms with van der Waals surface area (Å²) in [5.74, 6) is 0.528. The number of nitrogens with one attached hydrogen (secondary N) is 1. The maximum absolute atomic E-state index is 12.4. The number of primary amides is 1. The predicted octanol–water partition coefficient (Wildman–Crippen LogP) is 1.32. The topological polar surface area (TPSA) is 107 Å². The van der Waals surface area contributed by atoms with Crippen molar-refractivity contribution in [3.63, 3.8) is 0 Å². The first-order valence-electron chi connectivity index (χ1n) is 7.50. The Hall–Kier alpha value is -2.35. The molecule has 3 rings (SSSR count). The number of methoxy groups -OCH3 is 2. The number of nitrogens with two attached hydrogens (primary N) is 1. The Bertz CT molecular complexity index is 803. The van der Waals surface area contributed by atoms with Crippen molar-refractivity contribution >= 4 is 16.7 Å². The van der Waals surface area contributed by atoms with Crippen LogP contribution in [0.25, 0.3) is 11.3 Å². The van der Waals surface area contributed by atoms with Gasteiger partial charge in [0.05, 0.1) is 25.2 Å². The summed E-state index contributed by atoms with van der Waals surface area (Å²) < 4.78 is 23.0. The predicted molar refractivity (Wildman–Crippen MR) is 90.4 cm³/mol. The van der Waals surface area contributed by atoms with Crippen LogP contribution in [0.3, 0.4) is 0 Å². The molecule has 1 amide bonds. The summed E-state index contributed by atoms with van der Waals surface area (Å²) in [6, 6.07) is 5.52. The van der Waals surface area contributed by atoms with E-state index in [4.69, 9.17) is 15.2 Å². The van der Waals surface area contributed by atoms with Crippen LogP contribution in [-0.2, 0) is 22.0 Å². The molecule has 2 unspecified atom stereocenters. The van der Waals surface area contributed by atoms with E-state index in [1.807, 2.05) is 12.1 Å². The third-order valence-electron chi connectivity index (χ3n) is 4.12. The van der Waals surface area contributed by atoms with Crippen LogP contribution in [0.2, 0.25) is 0 Å². The molecule has 0 radical (unpaired) electrons. The molecule has 0 saturated heterocycles. The van der Waals surface area contributed by atoms with Crippen LogP contribution >= 0.6 is 0 Å². The molecule has 1 aliphatic rings. The number of benzene rings is 1. The molecular formula is C16H19N3O4S. The lowest BCUT2D eigenvalue weighted by Gasteiger charge is -2.12. The average Bonchev–Trinajstić information content (AvgIpc) is 3.15. The monoisotopic (exact) mass is 349 g/mol. The molecular weight excluding hydrogens is 330 g/mol. The fourth-order valence-corrected chi connectivity index (χ4v) is 4.43. The zero-order valence-corrected chi connectivity index (χ0v) is 14.3. The smallest absolute Gasteiger partial charge is 0.230 e. The summed E-state index contributed by atoms with van der Waals surface area (Å²) in [4.78, 5) is 11.1. The summed E-state index contributed by atoms with van der Waals surface area (Å²) in [5.41, 5.74) is 8.62. The molecule has 128 valence electrons. The molecule has 0 saturated carbocycles. The van der Waals surface area contributed by atoms with Gasteiger partial charge < -0.3 is 15.2 Å². The highest BCUT2D eigenvalue weighted by Crippen LogP contribution is 2.42. The zero-order chi connectivity index (χ0) is 17.3. The van der Waals surface area contributed by atoms with Gasteiger partial charge in [-0.05, 0) is 31.0 Å². The van der Waals surface area contributed by atoms with E-state index in [1.165, 1.54) is 0 Å². The van der Waals surface area contributed by atoms with Gasteiger partial charge in [-0.2, -0.15) is 5.10 Å². The molecule has 1 aliphatic carbocycles. The number of hydrogen-bond acceptors (Lipinski definition) is 5. The van der Waals surface area contributed by atoms with E-state index in [0.29, 0.717) is 17.9 Å². The molecule has 24 heavy (non-hydrogen) atoms. The van der Waals surface area contributed by atoms with Gasteiger partial charge in [-0.25, -0.2) is 0 Å². The third kappa shape index (κ3) is 2.89. The number of aromatic nitrogens is 2. The maximum Gasteiger partial charge on any atom is 0.230 e. The van der Waals surface area contributed by atoms with Crippen LogP contribution in [0.5, 0.6) is 11.5 Å². The van der Waals surface area contributed by atoms with Crippen LogP contribution < -0.4 is 15.2 Å². The number of carbonyl (C=O) groups is 1. The number of H-pyrrole nitrogens is 1. The second-order valence-corrected chi connectivity index (χ2v) is 7.17. The molecule has 0 aliphatic heterocycles. The van der Waals surface area contributed by atoms with E-state index in [-0.39, 0.29) is 11.0 Å². The first-order chi connectivity index (χ1) is 11.5. The molecule has 0 fully saturated rings. The number of hydrogen-bond donors (Lipinski definition) is 2. The van der Waals surface area contributed by atoms with Crippen LogP contribution in [0.4, 0.5) is 0 Å². The molecule has 7 nitrogen and oxygen atoms in total. The average molecular weight is 349 g/mol. The van der Waals surface area contributed by atoms with Crippen molar-refractivity contribution in [2.45, 2.75) is 18.1 Å². The number of rotatable bonds is 6. The minimum atomic E-state index is -1.35. The molecule has 2 aromatic rings. The van der Waals surface area contributed by atoms with E-state index in [1.54, 1.807) is 20.3 Å². The van der Waals surface area contributed by atoms with Gasteiger partial charge in [0.15, 0.2) is 11.5 Å². The SMILES string of the molecule is COc1ccc(-c2n[nH]c3c2C(S(=O)CC(N)=O)CC3)cc1OC. The molecule has 1 heterocycles. The Kier molecular flexibility index (Phi) is 4.57. The van der Waals surface area contributed by atoms with Gasteiger partial charge in [-0.3, -0.25) is 14.1 Å². The van der Waals surface area contributed by atoms with Crippen molar-refractivity contribution in [1.29, 1.82) is 0 Å². The van der Waals surface area contributed by atoms with Crippen LogP contribution in [-0.4, -0.2) is 40.3 Å². The van der Waals surface area contributed by atoms with Gasteiger partial charge in [-0.1, -0.05) is 0 Å². The standard InChI is InChI=1S/C16H19N3O4S/c1-22-11-5-3-9(7-12(11)23-2)16-15-10(18-19-16)4-6-13(15)24(21)8-14(17)20/h3,5,7,13H,4,6,8H2,1-2H3,(H2,17,20)(H,18,19). The second-order valence-electron chi connectivity index (χ2n) is 5.55. The molecule has 8 heteroatoms. The van der Waals surface area contributed by atoms with Gasteiger partial charge in [0.25, 0.3) is 0 Å². The summed E-state index contributed by atoms with van der Waals surface area (Å²) in [6.07, 6.45) is 1.47. The van der Waals surface area contributed by atoms with E-state index in [2.05, 4.69) is 10.2 Å². The van der Waals surface area contributed by atoms with E-state index in [0.717, 1.165) is 28.9 Å². The van der Waals surface area contributed by atoms with E-state index < -0.39 is 16.7 Å². The summed E-state index contributed by atoms with van der Waals surface area (Å²) in [6.45, 7) is 0. The number of carbonyl (C=O) groups excluding carboxylic acids is 1. The fraction of sp³-hybridized carbons (Fsp3) is 0.375. The summed E-state index contributed by atoms with van der Waals surface area (Å²) in [5, 5.41) is 7.15. The lowest BCUT2D eigenvalue weighted by Crippen LogP contribution is -2.22. The largest absolute Gasteiger partial charge is 0.493 e. The number of nitrogens with zero attached hydrogens (tertiary/aromatic N) is 1. The van der Waals surface area contributed by atoms with Gasteiger partial charge in [-0.15, -0.1) is 0 Å². The third-order valence-corrected chi connectivity index (χ3v) is 5.80. The summed E-state index contributed by atoms with van der Waals surface area (Å²) in [7, 11) is 1.79. The number of aromatic amines is 1. The normalized spacial score (nSPS) is 17.3. The number of fused-ring (bicyclic) bond motifs is 1. The first-order valence-corrected chi connectivity index (χ1v) is 8.88. The summed E-state index contributed by atoms with van der Waals surface area (Å²) >= 11 is 0. The van der Waals surface area contributed by atoms with Gasteiger partial charge in [0, 0.05) is 27.6 Å². The molecule has 2 atom stereocenters. The quantitative estimate of drug-likeness (QED) is 0.818. The van der Waals surface area contributed by atoms with E-state index in [9.17, 15) is 9.00 Å². The lowest BCUT2D eigenvalue weighted by atomic mass is 10.1. The first kappa shape index (κ1) is 16.5. The van der Waals surface area contributed by atoms with Gasteiger partial charge >= 0.3 is 0 Å². The van der Waals surface area contributed by atoms with Crippen LogP contribution in [0.15, 0.2) is 18.2 Å². The molecule has 0 spiro atoms. The Morgan fingerprint density at radius 2 is 2.12 bits per heavy atom. The molecule has 0 bridgehead atoms. The van der Waals surface area contributed by atoms with Gasteiger partial charge in [0.2, 0.25) is 5.91 Å². The fourth-order valence-electron chi connectivity index (χ4n) is 3.05. The van der Waals surface area contributed by atoms with Crippen molar-refractivity contribution in [2.75, 3.05) is 20.0 Å². The number of amides is 1. The minimum absolute atomic E-state index is 0.138. The van der Waals surface area contributed by atoms with Crippen molar-refractivity contribution in [3.8, 4) is 22.8 Å². The van der Waals surface area contributed by atoms with Crippen molar-refractivity contribution in [1.82, 2.24) is 10.2 Å². The van der Waals surface area contributed by atoms with Gasteiger partial charge in [0.1, 0.15) is 5.75 Å². The second kappa shape index (κ2) is 6.64. The van der Waals surface area contributed by atoms with E-state index >= 15 is 0 Å². The zero-order valence-electron chi connectivity index (χ0n) is 13.5. The molecule has 1 aromatic carbocycles. The van der Waals surface area contributed by atoms with Crippen molar-refractivity contribution in [3.05, 3.63) is 29.5 Å². The molecule has 3 N–H and O–H groups in total. The molecule has 1 aromatic heterocycles. The highest BCUT2D eigenvalue weighted by Gasteiger charge is 2.33. The Morgan fingerprint density at radius 1 is 1.38 bits per heavy atom. The Morgan fingerprint density at radius 3 is 2.79 bits per heavy atom. The minimum Gasteiger partial charge on any atom is -0.493 e. The van der Waals surface area contributed by atoms with Crippen molar-refractivity contribution in [2.24, 2.45) is 5.73 Å². The highest BCUT2D eigenvalue weighted by molar-refractivity contribution is 7.86. The maximum atomic E-state index is 12.4. The number of aryl methyl sites for hydroxylation is 1. The lowest BCUT2D eigenvalue weighted by molar-refractivity contribution is -0.115. The van der Waals surface area contributed by atoms with Crippen molar-refractivity contribution < 1.29 is 18.5 Å². The van der Waals surface area contributed by atoms with Crippen LogP contribution in [0, 0.1) is 0 Å².